The first-order valence-corrected chi connectivity index (χ1v) is 7.42. The molecule has 0 atom stereocenters. The molecule has 0 saturated heterocycles. The van der Waals surface area contributed by atoms with Gasteiger partial charge in [0.2, 0.25) is 5.95 Å². The molecule has 1 amide bonds. The molecule has 0 aliphatic rings. The molecule has 0 aromatic carbocycles. The van der Waals surface area contributed by atoms with Crippen LogP contribution in [0, 0.1) is 0 Å². The van der Waals surface area contributed by atoms with E-state index in [-0.39, 0.29) is 5.91 Å². The molecule has 0 fully saturated rings. The lowest BCUT2D eigenvalue weighted by molar-refractivity contribution is 0.0791. The fraction of sp³-hybridized carbons (Fsp3) is 0.375. The average Bonchev–Trinajstić information content (AvgIpc) is 2.58. The Bertz CT molecular complexity index is 602. The molecule has 0 radical (unpaired) electrons. The van der Waals surface area contributed by atoms with Crippen LogP contribution in [0.2, 0.25) is 0 Å². The van der Waals surface area contributed by atoms with Crippen molar-refractivity contribution in [3.05, 3.63) is 48.0 Å². The molecule has 6 heteroatoms. The molecule has 2 rings (SSSR count). The van der Waals surface area contributed by atoms with Gasteiger partial charge in [0.25, 0.3) is 5.91 Å². The molecular formula is C16H21N5O. The van der Waals surface area contributed by atoms with Gasteiger partial charge in [-0.25, -0.2) is 9.97 Å². The Balaban J connectivity index is 1.95. The zero-order chi connectivity index (χ0) is 15.8. The second-order valence-electron chi connectivity index (χ2n) is 5.02. The molecule has 0 unspecified atom stereocenters. The van der Waals surface area contributed by atoms with Crippen molar-refractivity contribution in [2.75, 3.05) is 25.5 Å². The molecule has 0 aliphatic heterocycles. The van der Waals surface area contributed by atoms with Crippen LogP contribution in [0.4, 0.5) is 5.95 Å². The van der Waals surface area contributed by atoms with E-state index >= 15 is 0 Å². The van der Waals surface area contributed by atoms with E-state index < -0.39 is 0 Å². The van der Waals surface area contributed by atoms with Crippen molar-refractivity contribution in [2.45, 2.75) is 19.8 Å². The minimum atomic E-state index is -0.101. The summed E-state index contributed by atoms with van der Waals surface area (Å²) in [7, 11) is 1.78. The molecule has 6 nitrogen and oxygen atoms in total. The predicted octanol–water partition coefficient (Wildman–Crippen LogP) is 2.01. The predicted molar refractivity (Wildman–Crippen MR) is 85.7 cm³/mol. The van der Waals surface area contributed by atoms with Crippen molar-refractivity contribution >= 4 is 11.9 Å². The molecule has 1 N–H and O–H groups in total. The van der Waals surface area contributed by atoms with Crippen LogP contribution in [0.15, 0.2) is 36.8 Å². The summed E-state index contributed by atoms with van der Waals surface area (Å²) in [5, 5.41) is 3.09. The summed E-state index contributed by atoms with van der Waals surface area (Å²) < 4.78 is 0. The van der Waals surface area contributed by atoms with Gasteiger partial charge in [-0.05, 0) is 36.6 Å². The number of hydrogen-bond acceptors (Lipinski definition) is 5. The van der Waals surface area contributed by atoms with Gasteiger partial charge in [0.15, 0.2) is 0 Å². The molecule has 0 bridgehead atoms. The highest BCUT2D eigenvalue weighted by molar-refractivity contribution is 5.92. The molecule has 0 aliphatic carbocycles. The fourth-order valence-corrected chi connectivity index (χ4v) is 1.94. The molecule has 2 aromatic rings. The first kappa shape index (κ1) is 15.9. The van der Waals surface area contributed by atoms with Crippen LogP contribution in [-0.2, 0) is 6.42 Å². The second kappa shape index (κ2) is 8.07. The second-order valence-corrected chi connectivity index (χ2v) is 5.02. The van der Waals surface area contributed by atoms with Gasteiger partial charge < -0.3 is 10.2 Å². The van der Waals surface area contributed by atoms with E-state index in [4.69, 9.17) is 0 Å². The van der Waals surface area contributed by atoms with Gasteiger partial charge in [-0.3, -0.25) is 9.78 Å². The number of aromatic nitrogens is 3. The van der Waals surface area contributed by atoms with Gasteiger partial charge >= 0.3 is 0 Å². The number of pyridine rings is 1. The number of amides is 1. The standard InChI is InChI=1S/C16H21N5O/c1-3-8-18-16-19-11-6-14(20-16)15(22)21(2)12-7-13-4-9-17-10-5-13/h4-6,9-11H,3,7-8,12H2,1-2H3,(H,18,19,20). The highest BCUT2D eigenvalue weighted by Crippen LogP contribution is 2.05. The number of nitrogens with one attached hydrogen (secondary N) is 1. The minimum Gasteiger partial charge on any atom is -0.354 e. The summed E-state index contributed by atoms with van der Waals surface area (Å²) in [5.74, 6) is 0.395. The monoisotopic (exact) mass is 299 g/mol. The molecule has 0 spiro atoms. The summed E-state index contributed by atoms with van der Waals surface area (Å²) in [6.07, 6.45) is 6.89. The van der Waals surface area contributed by atoms with E-state index in [1.807, 2.05) is 12.1 Å². The van der Waals surface area contributed by atoms with Gasteiger partial charge in [-0.2, -0.15) is 0 Å². The summed E-state index contributed by atoms with van der Waals surface area (Å²) in [5.41, 5.74) is 1.56. The number of carbonyl (C=O) groups excluding carboxylic acids is 1. The van der Waals surface area contributed by atoms with Crippen LogP contribution in [0.5, 0.6) is 0 Å². The minimum absolute atomic E-state index is 0.101. The molecule has 116 valence electrons. The number of nitrogens with zero attached hydrogens (tertiary/aromatic N) is 4. The molecule has 2 heterocycles. The number of hydrogen-bond donors (Lipinski definition) is 1. The summed E-state index contributed by atoms with van der Waals surface area (Å²) in [4.78, 5) is 26.4. The van der Waals surface area contributed by atoms with Crippen LogP contribution >= 0.6 is 0 Å². The van der Waals surface area contributed by atoms with Crippen molar-refractivity contribution in [1.82, 2.24) is 19.9 Å². The zero-order valence-corrected chi connectivity index (χ0v) is 13.0. The largest absolute Gasteiger partial charge is 0.354 e. The number of likely N-dealkylation sites (N-methyl/N-ethyl adjacent to an activating group) is 1. The number of rotatable bonds is 7. The third-order valence-corrected chi connectivity index (χ3v) is 3.24. The Hall–Kier alpha value is -2.50. The highest BCUT2D eigenvalue weighted by atomic mass is 16.2. The third kappa shape index (κ3) is 4.51. The average molecular weight is 299 g/mol. The van der Waals surface area contributed by atoms with Crippen LogP contribution in [0.1, 0.15) is 29.4 Å². The maximum atomic E-state index is 12.4. The zero-order valence-electron chi connectivity index (χ0n) is 13.0. The van der Waals surface area contributed by atoms with Gasteiger partial charge in [0.05, 0.1) is 0 Å². The van der Waals surface area contributed by atoms with Crippen molar-refractivity contribution < 1.29 is 4.79 Å². The van der Waals surface area contributed by atoms with E-state index in [0.717, 1.165) is 24.9 Å². The Morgan fingerprint density at radius 2 is 2.00 bits per heavy atom. The van der Waals surface area contributed by atoms with Gasteiger partial charge in [-0.15, -0.1) is 0 Å². The topological polar surface area (TPSA) is 71.0 Å². The summed E-state index contributed by atoms with van der Waals surface area (Å²) in [6, 6.07) is 5.55. The number of anilines is 1. The first-order valence-electron chi connectivity index (χ1n) is 7.42. The lowest BCUT2D eigenvalue weighted by Gasteiger charge is -2.17. The SMILES string of the molecule is CCCNc1nccc(C(=O)N(C)CCc2ccncc2)n1. The lowest BCUT2D eigenvalue weighted by atomic mass is 10.2. The summed E-state index contributed by atoms with van der Waals surface area (Å²) in [6.45, 7) is 3.48. The van der Waals surface area contributed by atoms with E-state index in [1.54, 1.807) is 36.6 Å². The van der Waals surface area contributed by atoms with Crippen LogP contribution < -0.4 is 5.32 Å². The molecular weight excluding hydrogens is 278 g/mol. The van der Waals surface area contributed by atoms with E-state index in [0.29, 0.717) is 18.2 Å². The van der Waals surface area contributed by atoms with Gasteiger partial charge in [0, 0.05) is 38.7 Å². The lowest BCUT2D eigenvalue weighted by Crippen LogP contribution is -2.29. The quantitative estimate of drug-likeness (QED) is 0.847. The molecule has 22 heavy (non-hydrogen) atoms. The molecule has 0 saturated carbocycles. The Morgan fingerprint density at radius 1 is 1.23 bits per heavy atom. The first-order chi connectivity index (χ1) is 10.7. The van der Waals surface area contributed by atoms with Gasteiger partial charge in [-0.1, -0.05) is 6.92 Å². The van der Waals surface area contributed by atoms with E-state index in [2.05, 4.69) is 27.2 Å². The molecule has 2 aromatic heterocycles. The van der Waals surface area contributed by atoms with Crippen LogP contribution in [-0.4, -0.2) is 45.9 Å². The van der Waals surface area contributed by atoms with Crippen LogP contribution in [0.3, 0.4) is 0 Å². The Labute approximate surface area is 130 Å². The van der Waals surface area contributed by atoms with Crippen molar-refractivity contribution in [3.8, 4) is 0 Å². The van der Waals surface area contributed by atoms with Crippen molar-refractivity contribution in [2.24, 2.45) is 0 Å². The van der Waals surface area contributed by atoms with Gasteiger partial charge in [0.1, 0.15) is 5.69 Å². The Morgan fingerprint density at radius 3 is 2.73 bits per heavy atom. The maximum absolute atomic E-state index is 12.4. The van der Waals surface area contributed by atoms with Crippen molar-refractivity contribution in [1.29, 1.82) is 0 Å². The van der Waals surface area contributed by atoms with E-state index in [9.17, 15) is 4.79 Å². The highest BCUT2D eigenvalue weighted by Gasteiger charge is 2.13. The Kier molecular flexibility index (Phi) is 5.82. The smallest absolute Gasteiger partial charge is 0.272 e. The fourth-order valence-electron chi connectivity index (χ4n) is 1.94. The van der Waals surface area contributed by atoms with E-state index in [1.165, 1.54) is 0 Å². The third-order valence-electron chi connectivity index (χ3n) is 3.24. The maximum Gasteiger partial charge on any atom is 0.272 e. The summed E-state index contributed by atoms with van der Waals surface area (Å²) >= 11 is 0. The van der Waals surface area contributed by atoms with Crippen LogP contribution in [0.25, 0.3) is 0 Å². The number of carbonyl (C=O) groups is 1. The van der Waals surface area contributed by atoms with Crippen molar-refractivity contribution in [3.63, 3.8) is 0 Å². The normalized spacial score (nSPS) is 10.3.